The molecule has 2 aromatic rings. The number of thioether (sulfide) groups is 1. The Morgan fingerprint density at radius 1 is 1.36 bits per heavy atom. The Morgan fingerprint density at radius 3 is 3.00 bits per heavy atom. The van der Waals surface area contributed by atoms with Crippen molar-refractivity contribution >= 4 is 45.0 Å². The second-order valence-electron chi connectivity index (χ2n) is 5.42. The van der Waals surface area contributed by atoms with E-state index in [2.05, 4.69) is 15.3 Å². The van der Waals surface area contributed by atoms with Crippen molar-refractivity contribution in [1.82, 2.24) is 15.3 Å². The molecule has 0 aliphatic heterocycles. The number of aryl methyl sites for hydroxylation is 2. The van der Waals surface area contributed by atoms with Crippen LogP contribution >= 0.6 is 23.1 Å². The summed E-state index contributed by atoms with van der Waals surface area (Å²) in [5.74, 6) is 0.899. The molecule has 0 radical (unpaired) electrons. The molecule has 0 fully saturated rings. The van der Waals surface area contributed by atoms with Crippen molar-refractivity contribution < 1.29 is 4.79 Å². The van der Waals surface area contributed by atoms with Crippen molar-refractivity contribution in [2.24, 2.45) is 0 Å². The number of aromatic nitrogens is 2. The smallest absolute Gasteiger partial charge is 0.230 e. The minimum absolute atomic E-state index is 0.0135. The Kier molecular flexibility index (Phi) is 4.83. The number of nitrogen functional groups attached to an aromatic ring is 1. The first kappa shape index (κ1) is 15.6. The van der Waals surface area contributed by atoms with Crippen LogP contribution in [-0.2, 0) is 17.6 Å². The van der Waals surface area contributed by atoms with E-state index in [-0.39, 0.29) is 5.91 Å². The Hall–Kier alpha value is -1.34. The lowest BCUT2D eigenvalue weighted by Gasteiger charge is -2.10. The number of fused-ring (bicyclic) bond motifs is 3. The van der Waals surface area contributed by atoms with E-state index in [0.29, 0.717) is 23.3 Å². The van der Waals surface area contributed by atoms with Crippen LogP contribution in [0.5, 0.6) is 0 Å². The molecule has 0 bridgehead atoms. The maximum Gasteiger partial charge on any atom is 0.230 e. The molecule has 1 aliphatic rings. The van der Waals surface area contributed by atoms with E-state index in [1.165, 1.54) is 35.0 Å². The van der Waals surface area contributed by atoms with Gasteiger partial charge in [0, 0.05) is 11.4 Å². The van der Waals surface area contributed by atoms with Gasteiger partial charge in [-0.05, 0) is 37.7 Å². The Morgan fingerprint density at radius 2 is 2.18 bits per heavy atom. The van der Waals surface area contributed by atoms with E-state index >= 15 is 0 Å². The van der Waals surface area contributed by atoms with Gasteiger partial charge in [0.2, 0.25) is 5.91 Å². The minimum Gasteiger partial charge on any atom is -0.383 e. The molecule has 0 aromatic carbocycles. The zero-order chi connectivity index (χ0) is 15.5. The molecular formula is C15H20N4OS2. The summed E-state index contributed by atoms with van der Waals surface area (Å²) in [6, 6.07) is 0. The third-order valence-corrected chi connectivity index (χ3v) is 5.76. The SMILES string of the molecule is CCCNC(=O)CSc1nc(N)c2c3c(sc2n1)CCCC3. The lowest BCUT2D eigenvalue weighted by Crippen LogP contribution is -2.25. The number of nitrogens with two attached hydrogens (primary N) is 1. The van der Waals surface area contributed by atoms with Crippen molar-refractivity contribution in [3.8, 4) is 0 Å². The summed E-state index contributed by atoms with van der Waals surface area (Å²) in [5, 5.41) is 4.48. The normalized spacial score (nSPS) is 14.0. The number of hydrogen-bond acceptors (Lipinski definition) is 6. The van der Waals surface area contributed by atoms with Crippen LogP contribution in [0.1, 0.15) is 36.6 Å². The Bertz CT molecular complexity index is 698. The molecule has 1 aliphatic carbocycles. The number of nitrogens with zero attached hydrogens (tertiary/aromatic N) is 2. The summed E-state index contributed by atoms with van der Waals surface area (Å²) in [6.07, 6.45) is 5.60. The number of anilines is 1. The Labute approximate surface area is 138 Å². The monoisotopic (exact) mass is 336 g/mol. The highest BCUT2D eigenvalue weighted by molar-refractivity contribution is 7.99. The van der Waals surface area contributed by atoms with Crippen LogP contribution in [-0.4, -0.2) is 28.2 Å². The number of carbonyl (C=O) groups is 1. The predicted octanol–water partition coefficient (Wildman–Crippen LogP) is 2.77. The summed E-state index contributed by atoms with van der Waals surface area (Å²) in [5.41, 5.74) is 7.50. The van der Waals surface area contributed by atoms with Gasteiger partial charge in [-0.25, -0.2) is 9.97 Å². The fourth-order valence-electron chi connectivity index (χ4n) is 2.68. The summed E-state index contributed by atoms with van der Waals surface area (Å²) < 4.78 is 0. The fourth-order valence-corrected chi connectivity index (χ4v) is 4.68. The maximum absolute atomic E-state index is 11.7. The molecule has 0 spiro atoms. The van der Waals surface area contributed by atoms with E-state index < -0.39 is 0 Å². The lowest BCUT2D eigenvalue weighted by molar-refractivity contribution is -0.118. The topological polar surface area (TPSA) is 80.9 Å². The second-order valence-corrected chi connectivity index (χ2v) is 7.45. The van der Waals surface area contributed by atoms with Gasteiger partial charge in [-0.2, -0.15) is 0 Å². The van der Waals surface area contributed by atoms with Crippen LogP contribution in [0.15, 0.2) is 5.16 Å². The number of thiophene rings is 1. The van der Waals surface area contributed by atoms with Crippen LogP contribution in [0, 0.1) is 0 Å². The molecule has 0 saturated carbocycles. The van der Waals surface area contributed by atoms with E-state index in [1.807, 2.05) is 6.92 Å². The molecule has 1 amide bonds. The van der Waals surface area contributed by atoms with Crippen LogP contribution in [0.25, 0.3) is 10.2 Å². The van der Waals surface area contributed by atoms with E-state index in [4.69, 9.17) is 5.73 Å². The highest BCUT2D eigenvalue weighted by Crippen LogP contribution is 2.38. The molecule has 0 saturated heterocycles. The van der Waals surface area contributed by atoms with Gasteiger partial charge in [0.15, 0.2) is 5.16 Å². The summed E-state index contributed by atoms with van der Waals surface area (Å²) in [6.45, 7) is 2.74. The average molecular weight is 336 g/mol. The highest BCUT2D eigenvalue weighted by atomic mass is 32.2. The van der Waals surface area contributed by atoms with Crippen molar-refractivity contribution in [1.29, 1.82) is 0 Å². The molecule has 5 nitrogen and oxygen atoms in total. The second kappa shape index (κ2) is 6.83. The van der Waals surface area contributed by atoms with Gasteiger partial charge in [0.25, 0.3) is 0 Å². The molecule has 118 valence electrons. The van der Waals surface area contributed by atoms with E-state index in [9.17, 15) is 4.79 Å². The third-order valence-electron chi connectivity index (χ3n) is 3.73. The fraction of sp³-hybridized carbons (Fsp3) is 0.533. The molecule has 3 N–H and O–H groups in total. The van der Waals surface area contributed by atoms with Crippen molar-refractivity contribution in [2.45, 2.75) is 44.2 Å². The number of carbonyl (C=O) groups excluding carboxylic acids is 1. The maximum atomic E-state index is 11.7. The largest absolute Gasteiger partial charge is 0.383 e. The number of hydrogen-bond donors (Lipinski definition) is 2. The van der Waals surface area contributed by atoms with Gasteiger partial charge in [0.05, 0.1) is 11.1 Å². The molecule has 2 heterocycles. The third kappa shape index (κ3) is 3.20. The first-order valence-corrected chi connectivity index (χ1v) is 9.46. The summed E-state index contributed by atoms with van der Waals surface area (Å²) >= 11 is 3.08. The zero-order valence-corrected chi connectivity index (χ0v) is 14.3. The molecule has 0 unspecified atom stereocenters. The molecule has 2 aromatic heterocycles. The van der Waals surface area contributed by atoms with Gasteiger partial charge >= 0.3 is 0 Å². The number of amides is 1. The first-order valence-electron chi connectivity index (χ1n) is 7.66. The van der Waals surface area contributed by atoms with Crippen molar-refractivity contribution in [2.75, 3.05) is 18.0 Å². The van der Waals surface area contributed by atoms with Crippen LogP contribution in [0.3, 0.4) is 0 Å². The average Bonchev–Trinajstić information content (AvgIpc) is 2.89. The molecular weight excluding hydrogens is 316 g/mol. The van der Waals surface area contributed by atoms with Gasteiger partial charge in [-0.15, -0.1) is 11.3 Å². The summed E-state index contributed by atoms with van der Waals surface area (Å²) in [7, 11) is 0. The first-order chi connectivity index (χ1) is 10.7. The molecule has 0 atom stereocenters. The molecule has 22 heavy (non-hydrogen) atoms. The standard InChI is InChI=1S/C15H20N4OS2/c1-2-7-17-11(20)8-21-15-18-13(16)12-9-5-3-4-6-10(9)22-14(12)19-15/h2-8H2,1H3,(H,17,20)(H2,16,18,19). The van der Waals surface area contributed by atoms with E-state index in [0.717, 1.165) is 29.5 Å². The van der Waals surface area contributed by atoms with E-state index in [1.54, 1.807) is 11.3 Å². The zero-order valence-electron chi connectivity index (χ0n) is 12.6. The van der Waals surface area contributed by atoms with Crippen molar-refractivity contribution in [3.05, 3.63) is 10.4 Å². The number of rotatable bonds is 5. The van der Waals surface area contributed by atoms with Gasteiger partial charge in [-0.1, -0.05) is 18.7 Å². The van der Waals surface area contributed by atoms with Crippen LogP contribution < -0.4 is 11.1 Å². The van der Waals surface area contributed by atoms with Crippen LogP contribution in [0.2, 0.25) is 0 Å². The lowest BCUT2D eigenvalue weighted by atomic mass is 9.97. The Balaban J connectivity index is 1.79. The van der Waals surface area contributed by atoms with Crippen molar-refractivity contribution in [3.63, 3.8) is 0 Å². The summed E-state index contributed by atoms with van der Waals surface area (Å²) in [4.78, 5) is 23.0. The van der Waals surface area contributed by atoms with Gasteiger partial charge in [0.1, 0.15) is 10.6 Å². The minimum atomic E-state index is 0.0135. The highest BCUT2D eigenvalue weighted by Gasteiger charge is 2.20. The van der Waals surface area contributed by atoms with Crippen LogP contribution in [0.4, 0.5) is 5.82 Å². The quantitative estimate of drug-likeness (QED) is 0.648. The molecule has 3 rings (SSSR count). The number of nitrogens with one attached hydrogen (secondary N) is 1. The van der Waals surface area contributed by atoms with Gasteiger partial charge in [-0.3, -0.25) is 4.79 Å². The van der Waals surface area contributed by atoms with Gasteiger partial charge < -0.3 is 11.1 Å². The molecule has 7 heteroatoms. The predicted molar refractivity (Wildman–Crippen MR) is 92.5 cm³/mol.